The second-order valence-electron chi connectivity index (χ2n) is 5.48. The summed E-state index contributed by atoms with van der Waals surface area (Å²) >= 11 is 5.69. The van der Waals surface area contributed by atoms with E-state index in [-0.39, 0.29) is 23.7 Å². The summed E-state index contributed by atoms with van der Waals surface area (Å²) < 4.78 is 13.7. The second-order valence-corrected chi connectivity index (χ2v) is 5.88. The lowest BCUT2D eigenvalue weighted by Crippen LogP contribution is -2.30. The maximum atomic E-state index is 13.7. The number of hydrogen-bond donors (Lipinski definition) is 2. The fourth-order valence-corrected chi connectivity index (χ4v) is 2.62. The first kappa shape index (κ1) is 17.3. The summed E-state index contributed by atoms with van der Waals surface area (Å²) in [6.07, 6.45) is 3.46. The van der Waals surface area contributed by atoms with Gasteiger partial charge in [0, 0.05) is 18.2 Å². The van der Waals surface area contributed by atoms with Crippen LogP contribution in [0.15, 0.2) is 48.8 Å². The van der Waals surface area contributed by atoms with Gasteiger partial charge in [0.05, 0.1) is 22.8 Å². The average molecular weight is 360 g/mol. The van der Waals surface area contributed by atoms with Crippen molar-refractivity contribution >= 4 is 28.4 Å². The molecule has 0 saturated carbocycles. The number of benzene rings is 1. The van der Waals surface area contributed by atoms with Crippen molar-refractivity contribution in [3.63, 3.8) is 0 Å². The molecule has 2 aromatic heterocycles. The van der Waals surface area contributed by atoms with Crippen LogP contribution in [0.5, 0.6) is 0 Å². The lowest BCUT2D eigenvalue weighted by molar-refractivity contribution is 0.0925. The van der Waals surface area contributed by atoms with Crippen LogP contribution in [0.2, 0.25) is 5.02 Å². The molecule has 0 saturated heterocycles. The Kier molecular flexibility index (Phi) is 5.21. The molecule has 0 fully saturated rings. The monoisotopic (exact) mass is 359 g/mol. The molecular weight excluding hydrogens is 345 g/mol. The molecule has 0 aliphatic heterocycles. The molecule has 3 aromatic rings. The highest BCUT2D eigenvalue weighted by atomic mass is 35.5. The van der Waals surface area contributed by atoms with E-state index in [2.05, 4.69) is 15.3 Å². The number of aliphatic hydroxyl groups excluding tert-OH is 1. The van der Waals surface area contributed by atoms with E-state index in [4.69, 9.17) is 11.6 Å². The van der Waals surface area contributed by atoms with E-state index in [0.29, 0.717) is 11.1 Å². The number of rotatable bonds is 5. The Balaban J connectivity index is 1.85. The first-order chi connectivity index (χ1) is 12.1. The van der Waals surface area contributed by atoms with Crippen molar-refractivity contribution < 1.29 is 14.3 Å². The fraction of sp³-hybridized carbons (Fsp3) is 0.167. The van der Waals surface area contributed by atoms with Gasteiger partial charge in [-0.25, -0.2) is 9.37 Å². The predicted octanol–water partition coefficient (Wildman–Crippen LogP) is 3.28. The number of halogens is 2. The normalized spacial score (nSPS) is 12.1. The zero-order chi connectivity index (χ0) is 17.8. The Labute approximate surface area is 148 Å². The predicted molar refractivity (Wildman–Crippen MR) is 92.9 cm³/mol. The number of carbonyl (C=O) groups is 1. The van der Waals surface area contributed by atoms with E-state index in [1.807, 2.05) is 0 Å². The summed E-state index contributed by atoms with van der Waals surface area (Å²) in [5.41, 5.74) is 1.34. The van der Waals surface area contributed by atoms with Crippen molar-refractivity contribution in [2.75, 3.05) is 6.61 Å². The van der Waals surface area contributed by atoms with E-state index >= 15 is 0 Å². The van der Waals surface area contributed by atoms with Gasteiger partial charge in [0.2, 0.25) is 0 Å². The zero-order valence-electron chi connectivity index (χ0n) is 13.1. The first-order valence-electron chi connectivity index (χ1n) is 7.66. The number of nitrogens with zero attached hydrogens (tertiary/aromatic N) is 2. The van der Waals surface area contributed by atoms with Crippen molar-refractivity contribution in [3.05, 3.63) is 70.9 Å². The molecule has 5 nitrogen and oxygen atoms in total. The quantitative estimate of drug-likeness (QED) is 0.733. The largest absolute Gasteiger partial charge is 0.396 e. The van der Waals surface area contributed by atoms with Crippen LogP contribution in [0.1, 0.15) is 28.5 Å². The number of pyridine rings is 2. The van der Waals surface area contributed by atoms with Crippen molar-refractivity contribution in [2.24, 2.45) is 0 Å². The van der Waals surface area contributed by atoms with Crippen molar-refractivity contribution in [3.8, 4) is 0 Å². The lowest BCUT2D eigenvalue weighted by atomic mass is 10.0. The molecule has 1 amide bonds. The van der Waals surface area contributed by atoms with Crippen LogP contribution in [0, 0.1) is 5.82 Å². The molecule has 25 heavy (non-hydrogen) atoms. The fourth-order valence-electron chi connectivity index (χ4n) is 2.51. The number of carbonyl (C=O) groups excluding carboxylic acids is 1. The zero-order valence-corrected chi connectivity index (χ0v) is 13.9. The number of aliphatic hydroxyl groups is 1. The molecule has 2 N–H and O–H groups in total. The summed E-state index contributed by atoms with van der Waals surface area (Å²) in [4.78, 5) is 20.8. The van der Waals surface area contributed by atoms with Gasteiger partial charge in [-0.1, -0.05) is 23.7 Å². The van der Waals surface area contributed by atoms with Crippen LogP contribution in [-0.4, -0.2) is 27.6 Å². The van der Waals surface area contributed by atoms with Crippen molar-refractivity contribution in [2.45, 2.75) is 12.5 Å². The van der Waals surface area contributed by atoms with E-state index < -0.39 is 17.8 Å². The second kappa shape index (κ2) is 7.55. The topological polar surface area (TPSA) is 75.1 Å². The molecular formula is C18H15ClFN3O2. The minimum absolute atomic E-state index is 0.00141. The van der Waals surface area contributed by atoms with E-state index in [1.165, 1.54) is 12.1 Å². The Morgan fingerprint density at radius 3 is 2.88 bits per heavy atom. The highest BCUT2D eigenvalue weighted by Gasteiger charge is 2.18. The Bertz CT molecular complexity index is 920. The minimum atomic E-state index is -0.578. The van der Waals surface area contributed by atoms with E-state index in [0.717, 1.165) is 5.39 Å². The van der Waals surface area contributed by atoms with Gasteiger partial charge in [-0.05, 0) is 36.2 Å². The Hall–Kier alpha value is -2.57. The lowest BCUT2D eigenvalue weighted by Gasteiger charge is -2.18. The van der Waals surface area contributed by atoms with Gasteiger partial charge in [-0.3, -0.25) is 9.78 Å². The van der Waals surface area contributed by atoms with Crippen LogP contribution in [-0.2, 0) is 0 Å². The Morgan fingerprint density at radius 2 is 2.12 bits per heavy atom. The summed E-state index contributed by atoms with van der Waals surface area (Å²) in [7, 11) is 0. The third kappa shape index (κ3) is 3.92. The summed E-state index contributed by atoms with van der Waals surface area (Å²) in [5.74, 6) is -0.995. The van der Waals surface area contributed by atoms with Crippen LogP contribution in [0.25, 0.3) is 10.9 Å². The number of hydrogen-bond acceptors (Lipinski definition) is 4. The van der Waals surface area contributed by atoms with Crippen LogP contribution in [0.4, 0.5) is 4.39 Å². The summed E-state index contributed by atoms with van der Waals surface area (Å²) in [5, 5.41) is 12.9. The number of amides is 1. The van der Waals surface area contributed by atoms with Gasteiger partial charge in [0.25, 0.3) is 5.91 Å². The third-order valence-corrected chi connectivity index (χ3v) is 4.10. The third-order valence-electron chi connectivity index (χ3n) is 3.80. The molecule has 2 heterocycles. The number of nitrogens with one attached hydrogen (secondary N) is 1. The van der Waals surface area contributed by atoms with Gasteiger partial charge in [0.15, 0.2) is 0 Å². The number of aromatic nitrogens is 2. The SMILES string of the molecule is O=C(NC(CCO)c1ccc(Cl)c(F)c1)c1ccc2ccncc2n1. The highest BCUT2D eigenvalue weighted by Crippen LogP contribution is 2.23. The minimum Gasteiger partial charge on any atom is -0.396 e. The van der Waals surface area contributed by atoms with E-state index in [1.54, 1.807) is 36.7 Å². The molecule has 0 radical (unpaired) electrons. The Morgan fingerprint density at radius 1 is 1.28 bits per heavy atom. The molecule has 0 bridgehead atoms. The first-order valence-corrected chi connectivity index (χ1v) is 8.03. The standard InChI is InChI=1S/C18H15ClFN3O2/c19-13-3-1-12(9-14(13)20)15(6-8-24)23-18(25)16-4-2-11-5-7-21-10-17(11)22-16/h1-5,7,9-10,15,24H,6,8H2,(H,23,25). The maximum Gasteiger partial charge on any atom is 0.270 e. The van der Waals surface area contributed by atoms with E-state index in [9.17, 15) is 14.3 Å². The molecule has 128 valence electrons. The van der Waals surface area contributed by atoms with Gasteiger partial charge in [-0.15, -0.1) is 0 Å². The molecule has 0 spiro atoms. The van der Waals surface area contributed by atoms with Gasteiger partial charge >= 0.3 is 0 Å². The van der Waals surface area contributed by atoms with Crippen LogP contribution >= 0.6 is 11.6 Å². The molecule has 3 rings (SSSR count). The summed E-state index contributed by atoms with van der Waals surface area (Å²) in [6.45, 7) is -0.162. The maximum absolute atomic E-state index is 13.7. The molecule has 0 aliphatic carbocycles. The highest BCUT2D eigenvalue weighted by molar-refractivity contribution is 6.30. The van der Waals surface area contributed by atoms with Gasteiger partial charge < -0.3 is 10.4 Å². The van der Waals surface area contributed by atoms with Gasteiger partial charge in [-0.2, -0.15) is 0 Å². The molecule has 0 aliphatic rings. The van der Waals surface area contributed by atoms with Crippen molar-refractivity contribution in [1.29, 1.82) is 0 Å². The van der Waals surface area contributed by atoms with Crippen molar-refractivity contribution in [1.82, 2.24) is 15.3 Å². The molecule has 7 heteroatoms. The summed E-state index contributed by atoms with van der Waals surface area (Å²) in [6, 6.07) is 8.91. The average Bonchev–Trinajstić information content (AvgIpc) is 2.63. The molecule has 1 atom stereocenters. The van der Waals surface area contributed by atoms with Crippen LogP contribution in [0.3, 0.4) is 0 Å². The van der Waals surface area contributed by atoms with Crippen LogP contribution < -0.4 is 5.32 Å². The number of fused-ring (bicyclic) bond motifs is 1. The smallest absolute Gasteiger partial charge is 0.270 e. The molecule has 1 unspecified atom stereocenters. The van der Waals surface area contributed by atoms with Gasteiger partial charge in [0.1, 0.15) is 11.5 Å². The molecule has 1 aromatic carbocycles.